The Balaban J connectivity index is 1.66. The molecule has 23 heavy (non-hydrogen) atoms. The van der Waals surface area contributed by atoms with Crippen molar-refractivity contribution in [2.75, 3.05) is 26.2 Å². The number of carbonyl (C=O) groups is 2. The van der Waals surface area contributed by atoms with Crippen molar-refractivity contribution >= 4 is 11.8 Å². The van der Waals surface area contributed by atoms with Crippen LogP contribution in [0.15, 0.2) is 0 Å². The van der Waals surface area contributed by atoms with Crippen LogP contribution in [0.3, 0.4) is 0 Å². The number of rotatable bonds is 4. The van der Waals surface area contributed by atoms with E-state index in [0.29, 0.717) is 31.6 Å². The van der Waals surface area contributed by atoms with Gasteiger partial charge < -0.3 is 15.5 Å². The zero-order valence-electron chi connectivity index (χ0n) is 14.8. The first-order valence-corrected chi connectivity index (χ1v) is 9.07. The molecule has 3 aliphatic rings. The molecule has 1 atom stereocenters. The molecule has 5 heteroatoms. The van der Waals surface area contributed by atoms with E-state index >= 15 is 0 Å². The van der Waals surface area contributed by atoms with E-state index < -0.39 is 0 Å². The van der Waals surface area contributed by atoms with Crippen LogP contribution >= 0.6 is 0 Å². The molecular weight excluding hydrogens is 290 g/mol. The highest BCUT2D eigenvalue weighted by atomic mass is 16.2. The average molecular weight is 321 g/mol. The van der Waals surface area contributed by atoms with Gasteiger partial charge in [0.05, 0.1) is 0 Å². The normalized spacial score (nSPS) is 28.1. The largest absolute Gasteiger partial charge is 0.334 e. The molecule has 3 rings (SSSR count). The van der Waals surface area contributed by atoms with Gasteiger partial charge >= 0.3 is 11.8 Å². The topological polar surface area (TPSA) is 66.6 Å². The third kappa shape index (κ3) is 3.25. The maximum absolute atomic E-state index is 12.7. The molecule has 1 unspecified atom stereocenters. The Kier molecular flexibility index (Phi) is 4.20. The van der Waals surface area contributed by atoms with Crippen LogP contribution in [0.4, 0.5) is 0 Å². The summed E-state index contributed by atoms with van der Waals surface area (Å²) in [5.74, 6) is 0.0434. The molecule has 0 aromatic rings. The van der Waals surface area contributed by atoms with E-state index in [-0.39, 0.29) is 22.6 Å². The van der Waals surface area contributed by atoms with Crippen LogP contribution < -0.4 is 5.73 Å². The molecule has 2 aliphatic carbocycles. The fraction of sp³-hybridized carbons (Fsp3) is 0.889. The van der Waals surface area contributed by atoms with Gasteiger partial charge in [-0.15, -0.1) is 0 Å². The zero-order chi connectivity index (χ0) is 16.8. The predicted molar refractivity (Wildman–Crippen MR) is 89.6 cm³/mol. The van der Waals surface area contributed by atoms with Gasteiger partial charge in [-0.3, -0.25) is 9.59 Å². The Bertz CT molecular complexity index is 491. The lowest BCUT2D eigenvalue weighted by atomic mass is 9.66. The van der Waals surface area contributed by atoms with Gasteiger partial charge in [0, 0.05) is 37.6 Å². The molecule has 0 aromatic carbocycles. The lowest BCUT2D eigenvalue weighted by Gasteiger charge is -2.41. The van der Waals surface area contributed by atoms with Crippen LogP contribution in [-0.4, -0.2) is 53.8 Å². The summed E-state index contributed by atoms with van der Waals surface area (Å²) < 4.78 is 0. The van der Waals surface area contributed by atoms with Gasteiger partial charge in [-0.1, -0.05) is 20.8 Å². The van der Waals surface area contributed by atoms with Crippen molar-refractivity contribution in [3.8, 4) is 0 Å². The molecule has 2 amide bonds. The van der Waals surface area contributed by atoms with E-state index in [1.54, 1.807) is 4.90 Å². The Hall–Kier alpha value is -1.10. The van der Waals surface area contributed by atoms with Crippen LogP contribution in [0, 0.1) is 16.7 Å². The summed E-state index contributed by atoms with van der Waals surface area (Å²) in [5, 5.41) is 0. The van der Waals surface area contributed by atoms with E-state index in [2.05, 4.69) is 20.8 Å². The van der Waals surface area contributed by atoms with Crippen molar-refractivity contribution < 1.29 is 9.59 Å². The predicted octanol–water partition coefficient (Wildman–Crippen LogP) is 1.61. The Labute approximate surface area is 139 Å². The summed E-state index contributed by atoms with van der Waals surface area (Å²) in [4.78, 5) is 29.1. The Morgan fingerprint density at radius 2 is 1.87 bits per heavy atom. The number of carbonyl (C=O) groups excluding carboxylic acids is 2. The van der Waals surface area contributed by atoms with Crippen molar-refractivity contribution in [3.05, 3.63) is 0 Å². The van der Waals surface area contributed by atoms with Crippen LogP contribution in [0.25, 0.3) is 0 Å². The number of hydrogen-bond acceptors (Lipinski definition) is 3. The number of nitrogens with zero attached hydrogens (tertiary/aromatic N) is 2. The monoisotopic (exact) mass is 321 g/mol. The van der Waals surface area contributed by atoms with Crippen molar-refractivity contribution in [2.24, 2.45) is 22.5 Å². The molecule has 3 fully saturated rings. The fourth-order valence-electron chi connectivity index (χ4n) is 3.75. The van der Waals surface area contributed by atoms with Crippen LogP contribution in [0.2, 0.25) is 0 Å². The summed E-state index contributed by atoms with van der Waals surface area (Å²) in [6.07, 6.45) is 5.41. The van der Waals surface area contributed by atoms with Gasteiger partial charge in [-0.25, -0.2) is 0 Å². The number of amides is 2. The Morgan fingerprint density at radius 3 is 2.30 bits per heavy atom. The molecule has 1 saturated heterocycles. The molecule has 0 aromatic heterocycles. The van der Waals surface area contributed by atoms with E-state index in [9.17, 15) is 9.59 Å². The van der Waals surface area contributed by atoms with Crippen molar-refractivity contribution in [1.29, 1.82) is 0 Å². The average Bonchev–Trinajstić information content (AvgIpc) is 3.40. The van der Waals surface area contributed by atoms with E-state index in [1.807, 2.05) is 4.90 Å². The number of hydrogen-bond donors (Lipinski definition) is 1. The quantitative estimate of drug-likeness (QED) is 0.800. The molecule has 130 valence electrons. The highest BCUT2D eigenvalue weighted by Gasteiger charge is 2.49. The van der Waals surface area contributed by atoms with E-state index in [4.69, 9.17) is 5.73 Å². The minimum atomic E-state index is -0.308. The van der Waals surface area contributed by atoms with Gasteiger partial charge in [0.1, 0.15) is 0 Å². The lowest BCUT2D eigenvalue weighted by Crippen LogP contribution is -2.49. The Morgan fingerprint density at radius 1 is 1.22 bits per heavy atom. The summed E-state index contributed by atoms with van der Waals surface area (Å²) in [7, 11) is 0. The molecule has 5 nitrogen and oxygen atoms in total. The first-order chi connectivity index (χ1) is 10.8. The molecule has 0 bridgehead atoms. The fourth-order valence-corrected chi connectivity index (χ4v) is 3.75. The van der Waals surface area contributed by atoms with Crippen LogP contribution in [0.1, 0.15) is 52.9 Å². The molecule has 2 saturated carbocycles. The van der Waals surface area contributed by atoms with Crippen molar-refractivity contribution in [2.45, 2.75) is 58.9 Å². The highest BCUT2D eigenvalue weighted by molar-refractivity contribution is 6.35. The van der Waals surface area contributed by atoms with Gasteiger partial charge in [0.15, 0.2) is 0 Å². The van der Waals surface area contributed by atoms with Gasteiger partial charge in [-0.05, 0) is 43.4 Å². The second-order valence-electron chi connectivity index (χ2n) is 8.84. The van der Waals surface area contributed by atoms with Crippen molar-refractivity contribution in [3.63, 3.8) is 0 Å². The SMILES string of the molecule is CC(C)(C)C1(CN)CCN(C(=O)C(=O)N(CC2CC2)C2CC2)C1. The third-order valence-corrected chi connectivity index (χ3v) is 6.21. The summed E-state index contributed by atoms with van der Waals surface area (Å²) in [6.45, 7) is 9.14. The first-order valence-electron chi connectivity index (χ1n) is 9.07. The molecule has 0 spiro atoms. The third-order valence-electron chi connectivity index (χ3n) is 6.21. The second kappa shape index (κ2) is 5.76. The number of nitrogens with two attached hydrogens (primary N) is 1. The minimum absolute atomic E-state index is 0.0318. The minimum Gasteiger partial charge on any atom is -0.334 e. The summed E-state index contributed by atoms with van der Waals surface area (Å²) in [6, 6.07) is 0.316. The number of likely N-dealkylation sites (tertiary alicyclic amines) is 1. The maximum Gasteiger partial charge on any atom is 0.312 e. The standard InChI is InChI=1S/C18H31N3O2/c1-17(2,3)18(11-19)8-9-20(12-18)15(22)16(23)21(14-6-7-14)10-13-4-5-13/h13-14H,4-12,19H2,1-3H3. The maximum atomic E-state index is 12.7. The van der Waals surface area contributed by atoms with Crippen LogP contribution in [0.5, 0.6) is 0 Å². The molecule has 1 heterocycles. The second-order valence-corrected chi connectivity index (χ2v) is 8.84. The van der Waals surface area contributed by atoms with Crippen molar-refractivity contribution in [1.82, 2.24) is 9.80 Å². The van der Waals surface area contributed by atoms with Crippen LogP contribution in [-0.2, 0) is 9.59 Å². The molecule has 0 radical (unpaired) electrons. The van der Waals surface area contributed by atoms with Gasteiger partial charge in [-0.2, -0.15) is 0 Å². The highest BCUT2D eigenvalue weighted by Crippen LogP contribution is 2.45. The molecule has 2 N–H and O–H groups in total. The smallest absolute Gasteiger partial charge is 0.312 e. The lowest BCUT2D eigenvalue weighted by molar-refractivity contribution is -0.152. The van der Waals surface area contributed by atoms with Gasteiger partial charge in [0.25, 0.3) is 0 Å². The molecular formula is C18H31N3O2. The zero-order valence-corrected chi connectivity index (χ0v) is 14.8. The molecule has 1 aliphatic heterocycles. The van der Waals surface area contributed by atoms with E-state index in [0.717, 1.165) is 25.8 Å². The summed E-state index contributed by atoms with van der Waals surface area (Å²) >= 11 is 0. The summed E-state index contributed by atoms with van der Waals surface area (Å²) in [5.41, 5.74) is 6.00. The van der Waals surface area contributed by atoms with E-state index in [1.165, 1.54) is 12.8 Å². The van der Waals surface area contributed by atoms with Gasteiger partial charge in [0.2, 0.25) is 0 Å². The first kappa shape index (κ1) is 16.7.